The molecular formula is C19H19N3O2S. The van der Waals surface area contributed by atoms with E-state index in [0.717, 1.165) is 34.9 Å². The predicted octanol–water partition coefficient (Wildman–Crippen LogP) is 4.91. The minimum atomic E-state index is -0.284. The van der Waals surface area contributed by atoms with Crippen molar-refractivity contribution in [2.45, 2.75) is 19.8 Å². The highest BCUT2D eigenvalue weighted by Gasteiger charge is 2.08. The molecule has 2 heterocycles. The molecule has 0 spiro atoms. The van der Waals surface area contributed by atoms with Crippen molar-refractivity contribution in [3.8, 4) is 11.3 Å². The fraction of sp³-hybridized carbons (Fsp3) is 0.211. The third-order valence-corrected chi connectivity index (χ3v) is 4.32. The number of carbonyl (C=O) groups is 1. The van der Waals surface area contributed by atoms with Gasteiger partial charge in [-0.1, -0.05) is 13.3 Å². The fourth-order valence-corrected chi connectivity index (χ4v) is 2.92. The van der Waals surface area contributed by atoms with E-state index in [1.807, 2.05) is 29.6 Å². The molecule has 0 amide bonds. The van der Waals surface area contributed by atoms with E-state index in [4.69, 9.17) is 4.74 Å². The van der Waals surface area contributed by atoms with Crippen molar-refractivity contribution in [3.63, 3.8) is 0 Å². The number of anilines is 2. The Bertz CT molecular complexity index is 816. The molecule has 0 aliphatic heterocycles. The van der Waals surface area contributed by atoms with Gasteiger partial charge in [-0.05, 0) is 42.8 Å². The lowest BCUT2D eigenvalue weighted by Gasteiger charge is -2.06. The van der Waals surface area contributed by atoms with Gasteiger partial charge in [0.05, 0.1) is 17.9 Å². The largest absolute Gasteiger partial charge is 0.462 e. The molecule has 0 atom stereocenters. The van der Waals surface area contributed by atoms with Gasteiger partial charge in [-0.15, -0.1) is 11.3 Å². The maximum absolute atomic E-state index is 11.9. The predicted molar refractivity (Wildman–Crippen MR) is 100 cm³/mol. The monoisotopic (exact) mass is 353 g/mol. The minimum absolute atomic E-state index is 0.284. The van der Waals surface area contributed by atoms with Crippen molar-refractivity contribution in [2.24, 2.45) is 0 Å². The topological polar surface area (TPSA) is 64.1 Å². The highest BCUT2D eigenvalue weighted by molar-refractivity contribution is 7.14. The van der Waals surface area contributed by atoms with E-state index >= 15 is 0 Å². The molecule has 128 valence electrons. The van der Waals surface area contributed by atoms with Crippen LogP contribution in [0.25, 0.3) is 11.3 Å². The third kappa shape index (κ3) is 4.64. The highest BCUT2D eigenvalue weighted by Crippen LogP contribution is 2.26. The van der Waals surface area contributed by atoms with Gasteiger partial charge in [0, 0.05) is 29.0 Å². The fourth-order valence-electron chi connectivity index (χ4n) is 2.18. The SMILES string of the molecule is CCCCOC(=O)c1ccc(Nc2nc(-c3cccnc3)cs2)cc1. The van der Waals surface area contributed by atoms with Crippen LogP contribution in [0.1, 0.15) is 30.1 Å². The molecule has 0 radical (unpaired) electrons. The summed E-state index contributed by atoms with van der Waals surface area (Å²) in [5, 5.41) is 6.02. The Morgan fingerprint density at radius 1 is 1.24 bits per heavy atom. The number of nitrogens with one attached hydrogen (secondary N) is 1. The molecule has 1 N–H and O–H groups in total. The first-order valence-corrected chi connectivity index (χ1v) is 9.04. The van der Waals surface area contributed by atoms with E-state index < -0.39 is 0 Å². The lowest BCUT2D eigenvalue weighted by Crippen LogP contribution is -2.06. The van der Waals surface area contributed by atoms with E-state index in [2.05, 4.69) is 22.2 Å². The number of aromatic nitrogens is 2. The quantitative estimate of drug-likeness (QED) is 0.483. The first-order valence-electron chi connectivity index (χ1n) is 8.16. The summed E-state index contributed by atoms with van der Waals surface area (Å²) >= 11 is 1.52. The van der Waals surface area contributed by atoms with E-state index in [1.165, 1.54) is 11.3 Å². The number of ether oxygens (including phenoxy) is 1. The van der Waals surface area contributed by atoms with Crippen molar-refractivity contribution in [3.05, 3.63) is 59.7 Å². The summed E-state index contributed by atoms with van der Waals surface area (Å²) in [6.07, 6.45) is 5.42. The Balaban J connectivity index is 1.62. The zero-order valence-corrected chi connectivity index (χ0v) is 14.8. The Morgan fingerprint density at radius 2 is 2.08 bits per heavy atom. The molecule has 0 bridgehead atoms. The van der Waals surface area contributed by atoms with Crippen LogP contribution < -0.4 is 5.32 Å². The molecule has 0 saturated carbocycles. The van der Waals surface area contributed by atoms with Gasteiger partial charge in [-0.25, -0.2) is 9.78 Å². The van der Waals surface area contributed by atoms with Crippen LogP contribution in [-0.2, 0) is 4.74 Å². The maximum Gasteiger partial charge on any atom is 0.338 e. The number of benzene rings is 1. The van der Waals surface area contributed by atoms with Crippen LogP contribution in [0.5, 0.6) is 0 Å². The summed E-state index contributed by atoms with van der Waals surface area (Å²) in [5.74, 6) is -0.284. The lowest BCUT2D eigenvalue weighted by atomic mass is 10.2. The van der Waals surface area contributed by atoms with Crippen LogP contribution >= 0.6 is 11.3 Å². The zero-order chi connectivity index (χ0) is 17.5. The van der Waals surface area contributed by atoms with Crippen molar-refractivity contribution in [2.75, 3.05) is 11.9 Å². The molecule has 0 aliphatic carbocycles. The van der Waals surface area contributed by atoms with Crippen LogP contribution in [-0.4, -0.2) is 22.5 Å². The Hall–Kier alpha value is -2.73. The molecule has 0 aliphatic rings. The van der Waals surface area contributed by atoms with Crippen LogP contribution in [0.15, 0.2) is 54.2 Å². The van der Waals surface area contributed by atoms with Gasteiger partial charge >= 0.3 is 5.97 Å². The molecule has 1 aromatic carbocycles. The second-order valence-electron chi connectivity index (χ2n) is 5.47. The van der Waals surface area contributed by atoms with Gasteiger partial charge in [-0.3, -0.25) is 4.98 Å². The van der Waals surface area contributed by atoms with E-state index in [0.29, 0.717) is 12.2 Å². The molecule has 0 fully saturated rings. The Morgan fingerprint density at radius 3 is 2.80 bits per heavy atom. The summed E-state index contributed by atoms with van der Waals surface area (Å²) in [5.41, 5.74) is 3.29. The number of pyridine rings is 1. The number of hydrogen-bond acceptors (Lipinski definition) is 6. The molecule has 3 rings (SSSR count). The Kier molecular flexibility index (Phi) is 5.74. The summed E-state index contributed by atoms with van der Waals surface area (Å²) in [6, 6.07) is 11.1. The molecule has 2 aromatic heterocycles. The maximum atomic E-state index is 11.9. The van der Waals surface area contributed by atoms with E-state index in [1.54, 1.807) is 24.5 Å². The normalized spacial score (nSPS) is 10.4. The first kappa shape index (κ1) is 17.1. The average Bonchev–Trinajstić information content (AvgIpc) is 3.12. The van der Waals surface area contributed by atoms with Gasteiger partial charge in [0.2, 0.25) is 0 Å². The second-order valence-corrected chi connectivity index (χ2v) is 6.33. The highest BCUT2D eigenvalue weighted by atomic mass is 32.1. The van der Waals surface area contributed by atoms with Gasteiger partial charge in [-0.2, -0.15) is 0 Å². The van der Waals surface area contributed by atoms with Gasteiger partial charge < -0.3 is 10.1 Å². The molecule has 0 saturated heterocycles. The smallest absolute Gasteiger partial charge is 0.338 e. The van der Waals surface area contributed by atoms with Gasteiger partial charge in [0.15, 0.2) is 5.13 Å². The van der Waals surface area contributed by atoms with Crippen molar-refractivity contribution in [1.82, 2.24) is 9.97 Å². The van der Waals surface area contributed by atoms with Crippen LogP contribution in [0.3, 0.4) is 0 Å². The number of nitrogens with zero attached hydrogens (tertiary/aromatic N) is 2. The standard InChI is InChI=1S/C19H19N3O2S/c1-2-3-11-24-18(23)14-6-8-16(9-7-14)21-19-22-17(13-25-19)15-5-4-10-20-12-15/h4-10,12-13H,2-3,11H2,1H3,(H,21,22). The summed E-state index contributed by atoms with van der Waals surface area (Å²) in [4.78, 5) is 20.6. The molecule has 6 heteroatoms. The van der Waals surface area contributed by atoms with Crippen LogP contribution in [0.2, 0.25) is 0 Å². The number of unbranched alkanes of at least 4 members (excludes halogenated alkanes) is 1. The first-order chi connectivity index (χ1) is 12.3. The van der Waals surface area contributed by atoms with Gasteiger partial charge in [0.25, 0.3) is 0 Å². The second kappa shape index (κ2) is 8.39. The molecule has 25 heavy (non-hydrogen) atoms. The molecule has 3 aromatic rings. The molecule has 5 nitrogen and oxygen atoms in total. The summed E-state index contributed by atoms with van der Waals surface area (Å²) in [7, 11) is 0. The van der Waals surface area contributed by atoms with Crippen molar-refractivity contribution >= 4 is 28.1 Å². The van der Waals surface area contributed by atoms with Crippen LogP contribution in [0.4, 0.5) is 10.8 Å². The van der Waals surface area contributed by atoms with Gasteiger partial charge in [0.1, 0.15) is 0 Å². The number of thiazole rings is 1. The molecule has 0 unspecified atom stereocenters. The van der Waals surface area contributed by atoms with Crippen molar-refractivity contribution in [1.29, 1.82) is 0 Å². The summed E-state index contributed by atoms with van der Waals surface area (Å²) < 4.78 is 5.20. The summed E-state index contributed by atoms with van der Waals surface area (Å²) in [6.45, 7) is 2.53. The number of carbonyl (C=O) groups excluding carboxylic acids is 1. The number of rotatable bonds is 7. The Labute approximate surface area is 150 Å². The average molecular weight is 353 g/mol. The van der Waals surface area contributed by atoms with E-state index in [9.17, 15) is 4.79 Å². The number of hydrogen-bond donors (Lipinski definition) is 1. The van der Waals surface area contributed by atoms with Crippen LogP contribution in [0, 0.1) is 0 Å². The zero-order valence-electron chi connectivity index (χ0n) is 13.9. The molecular weight excluding hydrogens is 334 g/mol. The third-order valence-electron chi connectivity index (χ3n) is 3.56. The number of esters is 1. The van der Waals surface area contributed by atoms with E-state index in [-0.39, 0.29) is 5.97 Å². The minimum Gasteiger partial charge on any atom is -0.462 e. The lowest BCUT2D eigenvalue weighted by molar-refractivity contribution is 0.0500. The van der Waals surface area contributed by atoms with Crippen molar-refractivity contribution < 1.29 is 9.53 Å².